The fourth-order valence-electron chi connectivity index (χ4n) is 1.30. The second kappa shape index (κ2) is 10.0. The van der Waals surface area contributed by atoms with Gasteiger partial charge in [-0.05, 0) is 19.8 Å². The largest absolute Gasteiger partial charge is 0.462 e. The normalized spacial score (nSPS) is 10.7. The number of rotatable bonds is 9. The summed E-state index contributed by atoms with van der Waals surface area (Å²) in [5.74, 6) is -1.86. The Balaban J connectivity index is 4.85. The van der Waals surface area contributed by atoms with Crippen LogP contribution in [0.5, 0.6) is 0 Å². The smallest absolute Gasteiger partial charge is 0.408 e. The van der Waals surface area contributed by atoms with Crippen LogP contribution in [0.25, 0.3) is 0 Å². The lowest BCUT2D eigenvalue weighted by atomic mass is 10.1. The number of ether oxygens (including phenoxy) is 3. The molecule has 0 aliphatic carbocycles. The highest BCUT2D eigenvalue weighted by molar-refractivity contribution is 6.04. The lowest BCUT2D eigenvalue weighted by Gasteiger charge is -2.25. The van der Waals surface area contributed by atoms with Crippen molar-refractivity contribution in [2.45, 2.75) is 52.1 Å². The first kappa shape index (κ1) is 19.2. The minimum absolute atomic E-state index is 0.157. The van der Waals surface area contributed by atoms with Gasteiger partial charge in [0.2, 0.25) is 0 Å². The molecular weight excluding hydrogens is 278 g/mol. The van der Waals surface area contributed by atoms with Crippen LogP contribution in [0.4, 0.5) is 4.79 Å². The molecule has 122 valence electrons. The number of hydrogen-bond acceptors (Lipinski definition) is 6. The summed E-state index contributed by atoms with van der Waals surface area (Å²) in [4.78, 5) is 35.4. The van der Waals surface area contributed by atoms with Crippen LogP contribution in [0.3, 0.4) is 0 Å². The molecule has 0 aromatic carbocycles. The molecule has 7 nitrogen and oxygen atoms in total. The van der Waals surface area contributed by atoms with Crippen LogP contribution in [0, 0.1) is 0 Å². The Kier molecular flexibility index (Phi) is 9.16. The summed E-state index contributed by atoms with van der Waals surface area (Å²) in [6, 6.07) is 0. The van der Waals surface area contributed by atoms with Gasteiger partial charge in [0.05, 0.1) is 13.2 Å². The van der Waals surface area contributed by atoms with E-state index in [2.05, 4.69) is 5.32 Å². The minimum Gasteiger partial charge on any atom is -0.462 e. The van der Waals surface area contributed by atoms with Gasteiger partial charge >= 0.3 is 23.6 Å². The molecule has 21 heavy (non-hydrogen) atoms. The van der Waals surface area contributed by atoms with Crippen LogP contribution in [0.1, 0.15) is 46.5 Å². The zero-order chi connectivity index (χ0) is 16.3. The number of esters is 2. The summed E-state index contributed by atoms with van der Waals surface area (Å²) in [6.45, 7) is 5.36. The van der Waals surface area contributed by atoms with Gasteiger partial charge in [-0.25, -0.2) is 14.4 Å². The van der Waals surface area contributed by atoms with Crippen LogP contribution >= 0.6 is 0 Å². The number of unbranched alkanes of at least 4 members (excludes halogenated alkanes) is 2. The van der Waals surface area contributed by atoms with Crippen molar-refractivity contribution >= 4 is 18.0 Å². The molecule has 0 radical (unpaired) electrons. The van der Waals surface area contributed by atoms with E-state index >= 15 is 0 Å². The Hall–Kier alpha value is -1.79. The van der Waals surface area contributed by atoms with Crippen molar-refractivity contribution < 1.29 is 28.6 Å². The van der Waals surface area contributed by atoms with Crippen LogP contribution in [0.15, 0.2) is 0 Å². The maximum Gasteiger partial charge on any atom is 0.408 e. The third-order valence-electron chi connectivity index (χ3n) is 2.74. The second-order valence-corrected chi connectivity index (χ2v) is 4.65. The molecule has 1 N–H and O–H groups in total. The van der Waals surface area contributed by atoms with E-state index in [4.69, 9.17) is 14.2 Å². The fraction of sp³-hybridized carbons (Fsp3) is 0.786. The maximum atomic E-state index is 12.0. The summed E-state index contributed by atoms with van der Waals surface area (Å²) in [5, 5.41) is 2.19. The van der Waals surface area contributed by atoms with E-state index in [1.165, 1.54) is 14.0 Å². The molecule has 0 bridgehead atoms. The lowest BCUT2D eigenvalue weighted by Crippen LogP contribution is -2.51. The first-order valence-corrected chi connectivity index (χ1v) is 7.17. The monoisotopic (exact) mass is 303 g/mol. The topological polar surface area (TPSA) is 90.9 Å². The lowest BCUT2D eigenvalue weighted by molar-refractivity contribution is -0.181. The van der Waals surface area contributed by atoms with Gasteiger partial charge in [0.15, 0.2) is 0 Å². The molecule has 0 saturated carbocycles. The highest BCUT2D eigenvalue weighted by Crippen LogP contribution is 2.17. The highest BCUT2D eigenvalue weighted by atomic mass is 16.6. The first-order valence-electron chi connectivity index (χ1n) is 7.17. The van der Waals surface area contributed by atoms with Crippen molar-refractivity contribution in [2.24, 2.45) is 0 Å². The van der Waals surface area contributed by atoms with E-state index in [0.29, 0.717) is 12.8 Å². The Morgan fingerprint density at radius 2 is 1.38 bits per heavy atom. The summed E-state index contributed by atoms with van der Waals surface area (Å²) in [6.07, 6.45) is 2.08. The molecule has 0 aromatic rings. The molecule has 0 unspecified atom stereocenters. The van der Waals surface area contributed by atoms with Crippen molar-refractivity contribution in [1.82, 2.24) is 5.32 Å². The number of carbonyl (C=O) groups is 3. The molecule has 1 amide bonds. The molecule has 0 aromatic heterocycles. The standard InChI is InChI=1S/C14H25NO6/c1-5-7-9-19-11(16)14(3,21-13(18)15-4)12(17)20-10-8-6-2/h5-10H2,1-4H3,(H,15,18). The summed E-state index contributed by atoms with van der Waals surface area (Å²) >= 11 is 0. The Bertz CT molecular complexity index is 333. The van der Waals surface area contributed by atoms with Gasteiger partial charge < -0.3 is 19.5 Å². The second-order valence-electron chi connectivity index (χ2n) is 4.65. The third kappa shape index (κ3) is 6.46. The molecule has 0 spiro atoms. The summed E-state index contributed by atoms with van der Waals surface area (Å²) < 4.78 is 14.8. The van der Waals surface area contributed by atoms with Crippen molar-refractivity contribution in [3.63, 3.8) is 0 Å². The van der Waals surface area contributed by atoms with E-state index in [1.807, 2.05) is 13.8 Å². The van der Waals surface area contributed by atoms with E-state index in [9.17, 15) is 14.4 Å². The molecule has 0 heterocycles. The maximum absolute atomic E-state index is 12.0. The number of carbonyl (C=O) groups excluding carboxylic acids is 3. The number of hydrogen-bond donors (Lipinski definition) is 1. The summed E-state index contributed by atoms with van der Waals surface area (Å²) in [5.41, 5.74) is -2.10. The number of amides is 1. The van der Waals surface area contributed by atoms with Crippen molar-refractivity contribution in [1.29, 1.82) is 0 Å². The average Bonchev–Trinajstić information content (AvgIpc) is 2.47. The van der Waals surface area contributed by atoms with Gasteiger partial charge in [0.25, 0.3) is 0 Å². The van der Waals surface area contributed by atoms with E-state index in [0.717, 1.165) is 12.8 Å². The number of nitrogens with one attached hydrogen (secondary N) is 1. The van der Waals surface area contributed by atoms with E-state index in [-0.39, 0.29) is 13.2 Å². The fourth-order valence-corrected chi connectivity index (χ4v) is 1.30. The molecule has 0 aliphatic heterocycles. The van der Waals surface area contributed by atoms with Crippen LogP contribution in [0.2, 0.25) is 0 Å². The van der Waals surface area contributed by atoms with Crippen molar-refractivity contribution in [3.8, 4) is 0 Å². The van der Waals surface area contributed by atoms with Gasteiger partial charge in [0, 0.05) is 7.05 Å². The van der Waals surface area contributed by atoms with Crippen LogP contribution < -0.4 is 5.32 Å². The number of alkyl carbamates (subject to hydrolysis) is 1. The average molecular weight is 303 g/mol. The Labute approximate surface area is 125 Å². The van der Waals surface area contributed by atoms with Crippen LogP contribution in [-0.2, 0) is 23.8 Å². The van der Waals surface area contributed by atoms with Crippen LogP contribution in [-0.4, -0.2) is 43.9 Å². The molecule has 7 heteroatoms. The first-order chi connectivity index (χ1) is 9.92. The zero-order valence-electron chi connectivity index (χ0n) is 13.2. The highest BCUT2D eigenvalue weighted by Gasteiger charge is 2.48. The quantitative estimate of drug-likeness (QED) is 0.302. The van der Waals surface area contributed by atoms with E-state index < -0.39 is 23.6 Å². The van der Waals surface area contributed by atoms with Gasteiger partial charge in [-0.15, -0.1) is 0 Å². The minimum atomic E-state index is -2.10. The summed E-state index contributed by atoms with van der Waals surface area (Å²) in [7, 11) is 1.33. The zero-order valence-corrected chi connectivity index (χ0v) is 13.2. The molecular formula is C14H25NO6. The van der Waals surface area contributed by atoms with Crippen molar-refractivity contribution in [2.75, 3.05) is 20.3 Å². The molecule has 0 aliphatic rings. The van der Waals surface area contributed by atoms with E-state index in [1.54, 1.807) is 0 Å². The molecule has 0 atom stereocenters. The SMILES string of the molecule is CCCCOC(=O)C(C)(OC(=O)NC)C(=O)OCCCC. The predicted octanol–water partition coefficient (Wildman–Crippen LogP) is 1.79. The third-order valence-corrected chi connectivity index (χ3v) is 2.74. The Morgan fingerprint density at radius 3 is 1.71 bits per heavy atom. The van der Waals surface area contributed by atoms with Gasteiger partial charge in [0.1, 0.15) is 0 Å². The van der Waals surface area contributed by atoms with Gasteiger partial charge in [-0.2, -0.15) is 0 Å². The predicted molar refractivity (Wildman–Crippen MR) is 75.7 cm³/mol. The Morgan fingerprint density at radius 1 is 0.952 bits per heavy atom. The molecule has 0 rings (SSSR count). The molecule has 0 saturated heterocycles. The van der Waals surface area contributed by atoms with Crippen molar-refractivity contribution in [3.05, 3.63) is 0 Å². The van der Waals surface area contributed by atoms with Gasteiger partial charge in [-0.3, -0.25) is 0 Å². The molecule has 0 fully saturated rings. The van der Waals surface area contributed by atoms with Gasteiger partial charge in [-0.1, -0.05) is 26.7 Å².